The summed E-state index contributed by atoms with van der Waals surface area (Å²) in [5, 5.41) is 0. The van der Waals surface area contributed by atoms with Crippen LogP contribution in [0.15, 0.2) is 11.6 Å². The van der Waals surface area contributed by atoms with Crippen molar-refractivity contribution in [3.63, 3.8) is 0 Å². The number of rotatable bonds is 3. The minimum Gasteiger partial charge on any atom is -0.462 e. The minimum atomic E-state index is -0.199. The van der Waals surface area contributed by atoms with Gasteiger partial charge in [0.15, 0.2) is 5.78 Å². The number of ether oxygens (including phenoxy) is 2. The van der Waals surface area contributed by atoms with Crippen LogP contribution in [-0.4, -0.2) is 29.9 Å². The second-order valence-electron chi connectivity index (χ2n) is 12.7. The van der Waals surface area contributed by atoms with E-state index in [0.717, 1.165) is 44.9 Å². The van der Waals surface area contributed by atoms with Gasteiger partial charge in [0.25, 0.3) is 0 Å². The predicted octanol–water partition coefficient (Wildman–Crippen LogP) is 5.65. The van der Waals surface area contributed by atoms with Gasteiger partial charge >= 0.3 is 11.9 Å². The van der Waals surface area contributed by atoms with Crippen LogP contribution in [0.4, 0.5) is 0 Å². The Balaban J connectivity index is 1.46. The van der Waals surface area contributed by atoms with E-state index in [1.165, 1.54) is 18.9 Å². The first-order valence-corrected chi connectivity index (χ1v) is 13.7. The van der Waals surface area contributed by atoms with Crippen molar-refractivity contribution in [2.24, 2.45) is 46.3 Å². The molecule has 5 nitrogen and oxygen atoms in total. The second kappa shape index (κ2) is 8.48. The SMILES string of the molecule is CC(=O)O[C@@H]1C[C@@]2(C)C(CCC2[C@H](C)C2CCC(C)C(=O)O2)C2CCC3=CC(=O)CC[C@]3(C)C21. The highest BCUT2D eigenvalue weighted by molar-refractivity contribution is 5.91. The molecule has 1 aliphatic heterocycles. The summed E-state index contributed by atoms with van der Waals surface area (Å²) in [6.07, 6.45) is 10.4. The quantitative estimate of drug-likeness (QED) is 0.498. The molecule has 0 N–H and O–H groups in total. The molecule has 10 atom stereocenters. The molecule has 6 unspecified atom stereocenters. The number of hydrogen-bond acceptors (Lipinski definition) is 5. The van der Waals surface area contributed by atoms with Crippen LogP contribution in [0.5, 0.6) is 0 Å². The summed E-state index contributed by atoms with van der Waals surface area (Å²) >= 11 is 0. The van der Waals surface area contributed by atoms with E-state index in [-0.39, 0.29) is 52.6 Å². The highest BCUT2D eigenvalue weighted by Gasteiger charge is 2.64. The Morgan fingerprint density at radius 1 is 1.12 bits per heavy atom. The Morgan fingerprint density at radius 3 is 2.59 bits per heavy atom. The van der Waals surface area contributed by atoms with E-state index in [1.54, 1.807) is 0 Å². The maximum atomic E-state index is 12.3. The Labute approximate surface area is 204 Å². The van der Waals surface area contributed by atoms with Gasteiger partial charge in [0.2, 0.25) is 0 Å². The third-order valence-corrected chi connectivity index (χ3v) is 11.0. The summed E-state index contributed by atoms with van der Waals surface area (Å²) in [5.41, 5.74) is 1.30. The van der Waals surface area contributed by atoms with Crippen LogP contribution < -0.4 is 0 Å². The minimum absolute atomic E-state index is 0.00283. The summed E-state index contributed by atoms with van der Waals surface area (Å²) in [4.78, 5) is 36.8. The van der Waals surface area contributed by atoms with Crippen LogP contribution in [0.25, 0.3) is 0 Å². The van der Waals surface area contributed by atoms with E-state index in [4.69, 9.17) is 9.47 Å². The highest BCUT2D eigenvalue weighted by Crippen LogP contribution is 2.68. The first-order valence-electron chi connectivity index (χ1n) is 13.7. The molecule has 5 heteroatoms. The van der Waals surface area contributed by atoms with E-state index in [0.29, 0.717) is 30.1 Å². The third kappa shape index (κ3) is 3.67. The molecule has 5 aliphatic rings. The fourth-order valence-corrected chi connectivity index (χ4v) is 9.36. The fraction of sp³-hybridized carbons (Fsp3) is 0.828. The molecule has 188 valence electrons. The smallest absolute Gasteiger partial charge is 0.308 e. The number of ketones is 1. The van der Waals surface area contributed by atoms with Crippen molar-refractivity contribution in [3.8, 4) is 0 Å². The summed E-state index contributed by atoms with van der Waals surface area (Å²) in [5.74, 6) is 2.16. The lowest BCUT2D eigenvalue weighted by Gasteiger charge is -2.60. The van der Waals surface area contributed by atoms with E-state index in [1.807, 2.05) is 13.0 Å². The first kappa shape index (κ1) is 24.1. The van der Waals surface area contributed by atoms with Crippen molar-refractivity contribution < 1.29 is 23.9 Å². The summed E-state index contributed by atoms with van der Waals surface area (Å²) in [6, 6.07) is 0. The van der Waals surface area contributed by atoms with E-state index >= 15 is 0 Å². The Morgan fingerprint density at radius 2 is 1.88 bits per heavy atom. The Hall–Kier alpha value is -1.65. The van der Waals surface area contributed by atoms with Gasteiger partial charge in [-0.2, -0.15) is 0 Å². The summed E-state index contributed by atoms with van der Waals surface area (Å²) in [7, 11) is 0. The molecular formula is C29H42O5. The zero-order valence-electron chi connectivity index (χ0n) is 21.6. The summed E-state index contributed by atoms with van der Waals surface area (Å²) < 4.78 is 12.1. The number of allylic oxidation sites excluding steroid dienone is 1. The fourth-order valence-electron chi connectivity index (χ4n) is 9.36. The molecule has 0 aromatic carbocycles. The molecule has 0 aromatic rings. The van der Waals surface area contributed by atoms with Crippen molar-refractivity contribution in [2.75, 3.05) is 0 Å². The van der Waals surface area contributed by atoms with Crippen LogP contribution >= 0.6 is 0 Å². The molecule has 0 spiro atoms. The molecule has 1 saturated heterocycles. The first-order chi connectivity index (χ1) is 16.0. The topological polar surface area (TPSA) is 69.7 Å². The highest BCUT2D eigenvalue weighted by atomic mass is 16.5. The number of carbonyl (C=O) groups is 3. The Bertz CT molecular complexity index is 906. The lowest BCUT2D eigenvalue weighted by atomic mass is 9.45. The lowest BCUT2D eigenvalue weighted by Crippen LogP contribution is -2.58. The van der Waals surface area contributed by atoms with Crippen molar-refractivity contribution in [1.29, 1.82) is 0 Å². The van der Waals surface area contributed by atoms with E-state index in [2.05, 4.69) is 20.8 Å². The number of hydrogen-bond donors (Lipinski definition) is 0. The maximum Gasteiger partial charge on any atom is 0.308 e. The number of cyclic esters (lactones) is 1. The zero-order chi connectivity index (χ0) is 24.4. The van der Waals surface area contributed by atoms with Crippen LogP contribution in [0.2, 0.25) is 0 Å². The van der Waals surface area contributed by atoms with Crippen molar-refractivity contribution >= 4 is 17.7 Å². The van der Waals surface area contributed by atoms with E-state index < -0.39 is 0 Å². The predicted molar refractivity (Wildman–Crippen MR) is 129 cm³/mol. The monoisotopic (exact) mass is 470 g/mol. The standard InChI is InChI=1S/C29H42O5/c1-16-6-11-24(34-27(16)32)17(2)22-9-10-23-21-8-7-19-14-20(31)12-13-28(19,4)26(21)25(33-18(3)30)15-29(22,23)5/h14,16-17,21-26H,6-13,15H2,1-5H3/t16?,17-,21?,22?,23?,24?,25+,26?,28-,29+/m0/s1. The van der Waals surface area contributed by atoms with E-state index in [9.17, 15) is 14.4 Å². The van der Waals surface area contributed by atoms with Gasteiger partial charge < -0.3 is 9.47 Å². The number of carbonyl (C=O) groups excluding carboxylic acids is 3. The van der Waals surface area contributed by atoms with Gasteiger partial charge in [0.1, 0.15) is 12.2 Å². The number of fused-ring (bicyclic) bond motifs is 5. The van der Waals surface area contributed by atoms with Crippen molar-refractivity contribution in [2.45, 2.75) is 105 Å². The third-order valence-electron chi connectivity index (χ3n) is 11.0. The van der Waals surface area contributed by atoms with Gasteiger partial charge in [-0.05, 0) is 91.9 Å². The molecule has 1 heterocycles. The van der Waals surface area contributed by atoms with Gasteiger partial charge in [0, 0.05) is 19.3 Å². The molecular weight excluding hydrogens is 428 g/mol. The molecule has 3 saturated carbocycles. The molecule has 0 amide bonds. The molecule has 0 bridgehead atoms. The van der Waals surface area contributed by atoms with Crippen LogP contribution in [0.3, 0.4) is 0 Å². The molecule has 0 radical (unpaired) electrons. The van der Waals surface area contributed by atoms with Gasteiger partial charge in [-0.3, -0.25) is 14.4 Å². The van der Waals surface area contributed by atoms with Crippen LogP contribution in [0.1, 0.15) is 92.4 Å². The largest absolute Gasteiger partial charge is 0.462 e. The van der Waals surface area contributed by atoms with Crippen molar-refractivity contribution in [3.05, 3.63) is 11.6 Å². The number of esters is 2. The molecule has 5 rings (SSSR count). The average Bonchev–Trinajstić information content (AvgIpc) is 3.11. The molecule has 0 aromatic heterocycles. The van der Waals surface area contributed by atoms with Gasteiger partial charge in [-0.25, -0.2) is 0 Å². The molecule has 34 heavy (non-hydrogen) atoms. The summed E-state index contributed by atoms with van der Waals surface area (Å²) in [6.45, 7) is 10.6. The van der Waals surface area contributed by atoms with Gasteiger partial charge in [-0.15, -0.1) is 0 Å². The lowest BCUT2D eigenvalue weighted by molar-refractivity contribution is -0.182. The average molecular weight is 471 g/mol. The van der Waals surface area contributed by atoms with Crippen LogP contribution in [0, 0.1) is 46.3 Å². The van der Waals surface area contributed by atoms with Gasteiger partial charge in [0.05, 0.1) is 5.92 Å². The van der Waals surface area contributed by atoms with Gasteiger partial charge in [-0.1, -0.05) is 33.3 Å². The molecule has 4 aliphatic carbocycles. The maximum absolute atomic E-state index is 12.3. The van der Waals surface area contributed by atoms with Crippen LogP contribution in [-0.2, 0) is 23.9 Å². The zero-order valence-corrected chi connectivity index (χ0v) is 21.6. The molecule has 4 fully saturated rings. The Kier molecular flexibility index (Phi) is 6.00. The normalized spacial score (nSPS) is 47.0. The van der Waals surface area contributed by atoms with Crippen molar-refractivity contribution in [1.82, 2.24) is 0 Å². The second-order valence-corrected chi connectivity index (χ2v) is 12.7.